The van der Waals surface area contributed by atoms with Crippen molar-refractivity contribution in [2.45, 2.75) is 0 Å². The lowest BCUT2D eigenvalue weighted by atomic mass is 10.3. The molecule has 0 saturated heterocycles. The third-order valence-corrected chi connectivity index (χ3v) is 2.31. The predicted octanol–water partition coefficient (Wildman–Crippen LogP) is 2.98. The standard InChI is InChI=1S/C14H11F2NO2/c15-10-6-7-13(12(16)8-10)19-9-14(18)17-11-4-2-1-3-5-11/h1-8H,9H2,(H,17,18). The molecule has 0 aliphatic heterocycles. The Morgan fingerprint density at radius 3 is 2.53 bits per heavy atom. The van der Waals surface area contributed by atoms with Crippen molar-refractivity contribution in [3.8, 4) is 5.75 Å². The summed E-state index contributed by atoms with van der Waals surface area (Å²) in [4.78, 5) is 11.5. The van der Waals surface area contributed by atoms with Crippen molar-refractivity contribution in [1.29, 1.82) is 0 Å². The van der Waals surface area contributed by atoms with Gasteiger partial charge in [-0.25, -0.2) is 8.78 Å². The monoisotopic (exact) mass is 263 g/mol. The Hall–Kier alpha value is -2.43. The lowest BCUT2D eigenvalue weighted by molar-refractivity contribution is -0.118. The lowest BCUT2D eigenvalue weighted by Crippen LogP contribution is -2.20. The summed E-state index contributed by atoms with van der Waals surface area (Å²) in [5, 5.41) is 2.58. The normalized spacial score (nSPS) is 10.0. The molecule has 5 heteroatoms. The number of benzene rings is 2. The van der Waals surface area contributed by atoms with Crippen LogP contribution in [0.1, 0.15) is 0 Å². The fraction of sp³-hybridized carbons (Fsp3) is 0.0714. The Kier molecular flexibility index (Phi) is 4.07. The number of nitrogens with one attached hydrogen (secondary N) is 1. The number of carbonyl (C=O) groups is 1. The highest BCUT2D eigenvalue weighted by atomic mass is 19.1. The maximum atomic E-state index is 13.2. The van der Waals surface area contributed by atoms with Crippen LogP contribution in [-0.4, -0.2) is 12.5 Å². The summed E-state index contributed by atoms with van der Waals surface area (Å²) < 4.78 is 30.9. The van der Waals surface area contributed by atoms with Gasteiger partial charge in [-0.1, -0.05) is 18.2 Å². The highest BCUT2D eigenvalue weighted by Gasteiger charge is 2.08. The number of hydrogen-bond acceptors (Lipinski definition) is 2. The van der Waals surface area contributed by atoms with Gasteiger partial charge in [-0.2, -0.15) is 0 Å². The zero-order valence-electron chi connectivity index (χ0n) is 9.90. The molecular weight excluding hydrogens is 252 g/mol. The minimum atomic E-state index is -0.840. The molecular formula is C14H11F2NO2. The Labute approximate surface area is 108 Å². The number of rotatable bonds is 4. The largest absolute Gasteiger partial charge is 0.481 e. The van der Waals surface area contributed by atoms with Crippen LogP contribution in [0, 0.1) is 11.6 Å². The van der Waals surface area contributed by atoms with E-state index in [1.165, 1.54) is 0 Å². The smallest absolute Gasteiger partial charge is 0.262 e. The first-order chi connectivity index (χ1) is 9.15. The lowest BCUT2D eigenvalue weighted by Gasteiger charge is -2.08. The average molecular weight is 263 g/mol. The quantitative estimate of drug-likeness (QED) is 0.920. The fourth-order valence-electron chi connectivity index (χ4n) is 1.45. The van der Waals surface area contributed by atoms with Crippen LogP contribution in [0.2, 0.25) is 0 Å². The molecule has 1 N–H and O–H groups in total. The van der Waals surface area contributed by atoms with Crippen LogP contribution in [0.5, 0.6) is 5.75 Å². The second-order valence-corrected chi connectivity index (χ2v) is 3.78. The summed E-state index contributed by atoms with van der Waals surface area (Å²) in [6.07, 6.45) is 0. The van der Waals surface area contributed by atoms with Crippen molar-refractivity contribution in [3.63, 3.8) is 0 Å². The third-order valence-electron chi connectivity index (χ3n) is 2.31. The second kappa shape index (κ2) is 5.95. The van der Waals surface area contributed by atoms with E-state index in [0.29, 0.717) is 11.8 Å². The van der Waals surface area contributed by atoms with Gasteiger partial charge in [-0.3, -0.25) is 4.79 Å². The van der Waals surface area contributed by atoms with Crippen LogP contribution < -0.4 is 10.1 Å². The average Bonchev–Trinajstić information content (AvgIpc) is 2.39. The van der Waals surface area contributed by atoms with Gasteiger partial charge in [-0.05, 0) is 24.3 Å². The van der Waals surface area contributed by atoms with E-state index in [0.717, 1.165) is 12.1 Å². The maximum absolute atomic E-state index is 13.2. The first-order valence-electron chi connectivity index (χ1n) is 5.58. The molecule has 0 spiro atoms. The van der Waals surface area contributed by atoms with Gasteiger partial charge >= 0.3 is 0 Å². The molecule has 0 aromatic heterocycles. The number of hydrogen-bond donors (Lipinski definition) is 1. The SMILES string of the molecule is O=C(COc1ccc(F)cc1F)Nc1ccccc1. The minimum absolute atomic E-state index is 0.162. The molecule has 0 heterocycles. The summed E-state index contributed by atoms with van der Waals surface area (Å²) in [5.41, 5.74) is 0.621. The highest BCUT2D eigenvalue weighted by molar-refractivity contribution is 5.91. The molecule has 0 aliphatic rings. The number of ether oxygens (including phenoxy) is 1. The number of carbonyl (C=O) groups excluding carboxylic acids is 1. The summed E-state index contributed by atoms with van der Waals surface area (Å²) in [6.45, 7) is -0.350. The second-order valence-electron chi connectivity index (χ2n) is 3.78. The van der Waals surface area contributed by atoms with Crippen molar-refractivity contribution < 1.29 is 18.3 Å². The predicted molar refractivity (Wildman–Crippen MR) is 66.9 cm³/mol. The van der Waals surface area contributed by atoms with Gasteiger partial charge in [0.15, 0.2) is 18.2 Å². The molecule has 98 valence electrons. The van der Waals surface area contributed by atoms with Crippen LogP contribution >= 0.6 is 0 Å². The van der Waals surface area contributed by atoms with E-state index in [1.54, 1.807) is 24.3 Å². The van der Waals surface area contributed by atoms with Crippen molar-refractivity contribution in [2.24, 2.45) is 0 Å². The summed E-state index contributed by atoms with van der Waals surface area (Å²) in [6, 6.07) is 11.7. The molecule has 0 bridgehead atoms. The van der Waals surface area contributed by atoms with E-state index in [4.69, 9.17) is 4.74 Å². The van der Waals surface area contributed by atoms with Crippen LogP contribution in [0.4, 0.5) is 14.5 Å². The summed E-state index contributed by atoms with van der Waals surface area (Å²) >= 11 is 0. The van der Waals surface area contributed by atoms with E-state index in [-0.39, 0.29) is 12.4 Å². The van der Waals surface area contributed by atoms with Gasteiger partial charge in [-0.15, -0.1) is 0 Å². The number of amides is 1. The van der Waals surface area contributed by atoms with Crippen molar-refractivity contribution in [3.05, 3.63) is 60.2 Å². The third kappa shape index (κ3) is 3.77. The minimum Gasteiger partial charge on any atom is -0.481 e. The molecule has 0 fully saturated rings. The van der Waals surface area contributed by atoms with Crippen LogP contribution in [0.25, 0.3) is 0 Å². The van der Waals surface area contributed by atoms with Gasteiger partial charge in [0.1, 0.15) is 5.82 Å². The molecule has 0 saturated carbocycles. The van der Waals surface area contributed by atoms with E-state index in [1.807, 2.05) is 6.07 Å². The van der Waals surface area contributed by atoms with Gasteiger partial charge in [0.05, 0.1) is 0 Å². The Morgan fingerprint density at radius 2 is 1.84 bits per heavy atom. The van der Waals surface area contributed by atoms with Gasteiger partial charge in [0.25, 0.3) is 5.91 Å². The number of anilines is 1. The molecule has 0 unspecified atom stereocenters. The molecule has 2 aromatic rings. The summed E-state index contributed by atoms with van der Waals surface area (Å²) in [7, 11) is 0. The molecule has 0 atom stereocenters. The van der Waals surface area contributed by atoms with E-state index in [2.05, 4.69) is 5.32 Å². The Morgan fingerprint density at radius 1 is 1.11 bits per heavy atom. The first-order valence-corrected chi connectivity index (χ1v) is 5.58. The molecule has 0 radical (unpaired) electrons. The molecule has 0 aliphatic carbocycles. The van der Waals surface area contributed by atoms with Crippen LogP contribution in [-0.2, 0) is 4.79 Å². The van der Waals surface area contributed by atoms with Crippen molar-refractivity contribution >= 4 is 11.6 Å². The van der Waals surface area contributed by atoms with Crippen LogP contribution in [0.15, 0.2) is 48.5 Å². The van der Waals surface area contributed by atoms with Gasteiger partial charge < -0.3 is 10.1 Å². The molecule has 2 rings (SSSR count). The number of para-hydroxylation sites is 1. The first kappa shape index (κ1) is 13.0. The van der Waals surface area contributed by atoms with E-state index < -0.39 is 17.5 Å². The van der Waals surface area contributed by atoms with E-state index in [9.17, 15) is 13.6 Å². The zero-order valence-corrected chi connectivity index (χ0v) is 9.90. The highest BCUT2D eigenvalue weighted by Crippen LogP contribution is 2.17. The zero-order chi connectivity index (χ0) is 13.7. The van der Waals surface area contributed by atoms with Crippen molar-refractivity contribution in [2.75, 3.05) is 11.9 Å². The molecule has 19 heavy (non-hydrogen) atoms. The maximum Gasteiger partial charge on any atom is 0.262 e. The van der Waals surface area contributed by atoms with Crippen LogP contribution in [0.3, 0.4) is 0 Å². The molecule has 2 aromatic carbocycles. The molecule has 1 amide bonds. The summed E-state index contributed by atoms with van der Waals surface area (Å²) in [5.74, 6) is -2.12. The van der Waals surface area contributed by atoms with Crippen molar-refractivity contribution in [1.82, 2.24) is 0 Å². The van der Waals surface area contributed by atoms with Gasteiger partial charge in [0.2, 0.25) is 0 Å². The Balaban J connectivity index is 1.90. The van der Waals surface area contributed by atoms with E-state index >= 15 is 0 Å². The topological polar surface area (TPSA) is 38.3 Å². The fourth-order valence-corrected chi connectivity index (χ4v) is 1.45. The van der Waals surface area contributed by atoms with Gasteiger partial charge in [0, 0.05) is 11.8 Å². The molecule has 3 nitrogen and oxygen atoms in total. The number of halogens is 2. The Bertz CT molecular complexity index is 573.